The van der Waals surface area contributed by atoms with Crippen molar-refractivity contribution in [1.82, 2.24) is 19.5 Å². The van der Waals surface area contributed by atoms with Gasteiger partial charge in [-0.1, -0.05) is 114 Å². The van der Waals surface area contributed by atoms with Crippen LogP contribution in [0.4, 0.5) is 0 Å². The van der Waals surface area contributed by atoms with E-state index in [-0.39, 0.29) is 37.4 Å². The van der Waals surface area contributed by atoms with Gasteiger partial charge in [0.2, 0.25) is 0 Å². The Morgan fingerprint density at radius 1 is 0.600 bits per heavy atom. The minimum atomic E-state index is 0. The van der Waals surface area contributed by atoms with Gasteiger partial charge in [0, 0.05) is 59.3 Å². The standard InChI is InChI=1S/C44H35N2O2.C14H15N2.Ir/c1-25(2)33-21-29(28-12-7-6-8-13-28)22-34(26(3)4)42(33)46-38-20-27(5)18-19-37(38)45-44(46)32-16-11-15-31-36-24-40-35(23-41(36)48-43(31)32)30-14-9-10-17-39(30)47-40;1-14(2,3)12-9-10-15-13(16-12)11-7-5-4-6-8-11;/h6-15,17-26H,1-5H3;4-7,9-10H,1-3H3;/q2*-1;. The molecule has 0 bridgehead atoms. The Hall–Kier alpha value is -6.66. The predicted octanol–water partition coefficient (Wildman–Crippen LogP) is 15.8. The van der Waals surface area contributed by atoms with Gasteiger partial charge in [0.25, 0.3) is 0 Å². The molecule has 4 aromatic heterocycles. The second kappa shape index (κ2) is 17.4. The van der Waals surface area contributed by atoms with E-state index in [0.717, 1.165) is 83.4 Å². The van der Waals surface area contributed by atoms with Crippen molar-refractivity contribution < 1.29 is 28.9 Å². The summed E-state index contributed by atoms with van der Waals surface area (Å²) in [4.78, 5) is 14.2. The van der Waals surface area contributed by atoms with Crippen LogP contribution in [0.1, 0.15) is 82.7 Å². The summed E-state index contributed by atoms with van der Waals surface area (Å²) in [6, 6.07) is 54.9. The van der Waals surface area contributed by atoms with Gasteiger partial charge in [0.1, 0.15) is 16.7 Å². The number of furan rings is 2. The third kappa shape index (κ3) is 8.09. The first-order valence-corrected chi connectivity index (χ1v) is 22.1. The molecule has 7 aromatic carbocycles. The summed E-state index contributed by atoms with van der Waals surface area (Å²) in [6.07, 6.45) is 1.81. The fourth-order valence-corrected chi connectivity index (χ4v) is 8.76. The van der Waals surface area contributed by atoms with E-state index in [1.165, 1.54) is 33.5 Å². The summed E-state index contributed by atoms with van der Waals surface area (Å²) < 4.78 is 15.4. The van der Waals surface area contributed by atoms with Crippen molar-refractivity contribution in [3.63, 3.8) is 0 Å². The van der Waals surface area contributed by atoms with Crippen molar-refractivity contribution >= 4 is 54.9 Å². The van der Waals surface area contributed by atoms with Crippen LogP contribution in [0, 0.1) is 19.1 Å². The van der Waals surface area contributed by atoms with Gasteiger partial charge in [-0.3, -0.25) is 15.0 Å². The van der Waals surface area contributed by atoms with Gasteiger partial charge in [-0.25, -0.2) is 0 Å². The van der Waals surface area contributed by atoms with Crippen LogP contribution >= 0.6 is 0 Å². The minimum absolute atomic E-state index is 0. The molecule has 0 aliphatic heterocycles. The molecule has 0 atom stereocenters. The Morgan fingerprint density at radius 2 is 1.29 bits per heavy atom. The number of hydrogen-bond donors (Lipinski definition) is 0. The molecular formula is C58H50IrN4O2-2. The Kier molecular flexibility index (Phi) is 11.7. The number of rotatable bonds is 6. The van der Waals surface area contributed by atoms with Crippen molar-refractivity contribution in [2.45, 2.75) is 72.6 Å². The predicted molar refractivity (Wildman–Crippen MR) is 263 cm³/mol. The van der Waals surface area contributed by atoms with Gasteiger partial charge >= 0.3 is 0 Å². The van der Waals surface area contributed by atoms with Gasteiger partial charge in [-0.15, -0.1) is 54.1 Å². The van der Waals surface area contributed by atoms with E-state index >= 15 is 0 Å². The largest absolute Gasteiger partial charge is 0.501 e. The van der Waals surface area contributed by atoms with Crippen molar-refractivity contribution in [3.8, 4) is 39.6 Å². The van der Waals surface area contributed by atoms with Crippen molar-refractivity contribution in [2.75, 3.05) is 0 Å². The maximum Gasteiger partial charge on any atom is 0.136 e. The average Bonchev–Trinajstić information content (AvgIpc) is 3.99. The Bertz CT molecular complexity index is 3470. The molecule has 11 rings (SSSR count). The summed E-state index contributed by atoms with van der Waals surface area (Å²) in [5.41, 5.74) is 15.6. The quantitative estimate of drug-likeness (QED) is 0.155. The van der Waals surface area contributed by atoms with Crippen molar-refractivity contribution in [2.24, 2.45) is 0 Å². The molecule has 0 aliphatic carbocycles. The molecular weight excluding hydrogens is 977 g/mol. The summed E-state index contributed by atoms with van der Waals surface area (Å²) in [6.45, 7) is 17.7. The third-order valence-corrected chi connectivity index (χ3v) is 12.1. The maximum absolute atomic E-state index is 6.78. The van der Waals surface area contributed by atoms with Crippen molar-refractivity contribution in [3.05, 3.63) is 180 Å². The van der Waals surface area contributed by atoms with E-state index in [1.54, 1.807) is 0 Å². The Morgan fingerprint density at radius 3 is 2.00 bits per heavy atom. The van der Waals surface area contributed by atoms with Crippen LogP contribution in [0.2, 0.25) is 0 Å². The van der Waals surface area contributed by atoms with E-state index in [9.17, 15) is 0 Å². The molecule has 0 fully saturated rings. The van der Waals surface area contributed by atoms with Gasteiger partial charge in [-0.2, -0.15) is 0 Å². The van der Waals surface area contributed by atoms with Crippen LogP contribution in [0.25, 0.3) is 94.5 Å². The molecule has 4 heterocycles. The molecule has 0 unspecified atom stereocenters. The smallest absolute Gasteiger partial charge is 0.136 e. The van der Waals surface area contributed by atoms with E-state index < -0.39 is 0 Å². The molecule has 325 valence electrons. The number of imidazole rings is 1. The van der Waals surface area contributed by atoms with Gasteiger partial charge < -0.3 is 13.4 Å². The maximum atomic E-state index is 6.78. The van der Waals surface area contributed by atoms with E-state index in [4.69, 9.17) is 13.8 Å². The molecule has 0 N–H and O–H groups in total. The number of aromatic nitrogens is 4. The Labute approximate surface area is 393 Å². The SMILES string of the molecule is CC(C)(C)c1ccnc(-c2[c-]cccc2)n1.Cc1ccc2nc(-c3[c-]ccc4c3oc3cc5c(cc34)oc3ccccc35)n(-c3c(C(C)C)cc(-c4ccccc4)cc3C(C)C)c2c1.[Ir]. The molecule has 1 radical (unpaired) electrons. The number of hydrogen-bond acceptors (Lipinski definition) is 5. The van der Waals surface area contributed by atoms with E-state index in [1.807, 2.05) is 60.8 Å². The summed E-state index contributed by atoms with van der Waals surface area (Å²) in [7, 11) is 0. The summed E-state index contributed by atoms with van der Waals surface area (Å²) in [5.74, 6) is 2.11. The third-order valence-electron chi connectivity index (χ3n) is 12.1. The molecule has 0 spiro atoms. The topological polar surface area (TPSA) is 69.9 Å². The minimum Gasteiger partial charge on any atom is -0.501 e. The van der Waals surface area contributed by atoms with Crippen molar-refractivity contribution in [1.29, 1.82) is 0 Å². The number of aryl methyl sites for hydroxylation is 1. The van der Waals surface area contributed by atoms with Gasteiger partial charge in [0.05, 0.1) is 28.3 Å². The van der Waals surface area contributed by atoms with Crippen LogP contribution < -0.4 is 0 Å². The first kappa shape index (κ1) is 43.6. The number of para-hydroxylation sites is 1. The zero-order valence-electron chi connectivity index (χ0n) is 37.9. The van der Waals surface area contributed by atoms with Gasteiger partial charge in [-0.05, 0) is 95.1 Å². The van der Waals surface area contributed by atoms with Crippen LogP contribution in [0.5, 0.6) is 0 Å². The zero-order valence-corrected chi connectivity index (χ0v) is 40.3. The fraction of sp³-hybridized carbons (Fsp3) is 0.190. The zero-order chi connectivity index (χ0) is 44.3. The molecule has 11 aromatic rings. The van der Waals surface area contributed by atoms with Crippen LogP contribution in [0.3, 0.4) is 0 Å². The van der Waals surface area contributed by atoms with Crippen LogP contribution in [-0.4, -0.2) is 19.5 Å². The fourth-order valence-electron chi connectivity index (χ4n) is 8.76. The summed E-state index contributed by atoms with van der Waals surface area (Å²) >= 11 is 0. The van der Waals surface area contributed by atoms with E-state index in [0.29, 0.717) is 0 Å². The first-order valence-electron chi connectivity index (χ1n) is 22.1. The molecule has 0 aliphatic rings. The monoisotopic (exact) mass is 1030 g/mol. The van der Waals surface area contributed by atoms with Gasteiger partial charge in [0.15, 0.2) is 0 Å². The number of nitrogens with zero attached hydrogens (tertiary/aromatic N) is 4. The average molecular weight is 1030 g/mol. The Balaban J connectivity index is 0.000000266. The number of fused-ring (bicyclic) bond motifs is 7. The van der Waals surface area contributed by atoms with Crippen LogP contribution in [-0.2, 0) is 25.5 Å². The number of benzene rings is 7. The molecule has 7 heteroatoms. The van der Waals surface area contributed by atoms with E-state index in [2.05, 4.69) is 167 Å². The first-order chi connectivity index (χ1) is 30.9. The molecule has 6 nitrogen and oxygen atoms in total. The summed E-state index contributed by atoms with van der Waals surface area (Å²) in [5, 5.41) is 4.17. The second-order valence-corrected chi connectivity index (χ2v) is 18.4. The van der Waals surface area contributed by atoms with Crippen LogP contribution in [0.15, 0.2) is 155 Å². The molecule has 0 saturated carbocycles. The second-order valence-electron chi connectivity index (χ2n) is 18.4. The molecule has 65 heavy (non-hydrogen) atoms. The normalized spacial score (nSPS) is 11.8. The molecule has 0 saturated heterocycles. The molecule has 0 amide bonds.